The van der Waals surface area contributed by atoms with Crippen LogP contribution in [0.15, 0.2) is 36.4 Å². The van der Waals surface area contributed by atoms with Crippen LogP contribution in [0.1, 0.15) is 5.69 Å². The second kappa shape index (κ2) is 4.41. The normalized spacial score (nSPS) is 10.1. The van der Waals surface area contributed by atoms with E-state index in [0.717, 1.165) is 5.69 Å². The van der Waals surface area contributed by atoms with E-state index in [2.05, 4.69) is 4.98 Å². The zero-order valence-corrected chi connectivity index (χ0v) is 9.40. The Hall–Kier alpha value is -1.74. The molecular formula is C12H10ClNO2. The molecule has 0 bridgehead atoms. The number of aromatic hydroxyl groups is 1. The summed E-state index contributed by atoms with van der Waals surface area (Å²) in [5.74, 6) is 0.774. The number of aryl methyl sites for hydroxylation is 1. The maximum Gasteiger partial charge on any atom is 0.219 e. The summed E-state index contributed by atoms with van der Waals surface area (Å²) in [5.41, 5.74) is 0.853. The van der Waals surface area contributed by atoms with Crippen LogP contribution >= 0.6 is 11.6 Å². The third kappa shape index (κ3) is 2.44. The third-order valence-corrected chi connectivity index (χ3v) is 2.23. The molecule has 3 nitrogen and oxygen atoms in total. The maximum atomic E-state index is 9.58. The molecular weight excluding hydrogens is 226 g/mol. The first-order valence-electron chi connectivity index (χ1n) is 4.75. The molecule has 0 spiro atoms. The van der Waals surface area contributed by atoms with E-state index >= 15 is 0 Å². The van der Waals surface area contributed by atoms with Gasteiger partial charge in [-0.2, -0.15) is 0 Å². The molecule has 4 heteroatoms. The lowest BCUT2D eigenvalue weighted by atomic mass is 10.3. The number of hydrogen-bond donors (Lipinski definition) is 1. The van der Waals surface area contributed by atoms with E-state index in [1.54, 1.807) is 18.2 Å². The number of hydrogen-bond acceptors (Lipinski definition) is 3. The molecule has 0 aliphatic heterocycles. The molecule has 0 aliphatic rings. The summed E-state index contributed by atoms with van der Waals surface area (Å²) >= 11 is 5.71. The van der Waals surface area contributed by atoms with E-state index in [4.69, 9.17) is 16.3 Å². The van der Waals surface area contributed by atoms with Gasteiger partial charge in [-0.3, -0.25) is 0 Å². The second-order valence-electron chi connectivity index (χ2n) is 3.33. The summed E-state index contributed by atoms with van der Waals surface area (Å²) in [4.78, 5) is 4.17. The molecule has 0 unspecified atom stereocenters. The van der Waals surface area contributed by atoms with Crippen LogP contribution in [0.3, 0.4) is 0 Å². The van der Waals surface area contributed by atoms with Crippen LogP contribution in [0.5, 0.6) is 17.4 Å². The van der Waals surface area contributed by atoms with Crippen molar-refractivity contribution in [1.29, 1.82) is 0 Å². The minimum Gasteiger partial charge on any atom is -0.504 e. The van der Waals surface area contributed by atoms with Crippen LogP contribution in [0.2, 0.25) is 5.02 Å². The van der Waals surface area contributed by atoms with Crippen LogP contribution in [0.25, 0.3) is 0 Å². The summed E-state index contributed by atoms with van der Waals surface area (Å²) in [6, 6.07) is 10.1. The first kappa shape index (κ1) is 10.8. The summed E-state index contributed by atoms with van der Waals surface area (Å²) in [7, 11) is 0. The fourth-order valence-electron chi connectivity index (χ4n) is 1.26. The highest BCUT2D eigenvalue weighted by atomic mass is 35.5. The number of pyridine rings is 1. The van der Waals surface area contributed by atoms with Gasteiger partial charge >= 0.3 is 0 Å². The molecule has 0 saturated heterocycles. The SMILES string of the molecule is Cc1cccc(Oc2ccc(Cl)cc2O)n1. The molecule has 82 valence electrons. The number of nitrogens with zero attached hydrogens (tertiary/aromatic N) is 1. The molecule has 1 aromatic heterocycles. The fraction of sp³-hybridized carbons (Fsp3) is 0.0833. The standard InChI is InChI=1S/C12H10ClNO2/c1-8-3-2-4-12(14-8)16-11-6-5-9(13)7-10(11)15/h2-7,15H,1H3. The Morgan fingerprint density at radius 3 is 2.75 bits per heavy atom. The molecule has 1 N–H and O–H groups in total. The molecule has 0 radical (unpaired) electrons. The largest absolute Gasteiger partial charge is 0.504 e. The first-order valence-corrected chi connectivity index (χ1v) is 5.13. The van der Waals surface area contributed by atoms with Crippen molar-refractivity contribution >= 4 is 11.6 Å². The van der Waals surface area contributed by atoms with E-state index in [0.29, 0.717) is 16.7 Å². The van der Waals surface area contributed by atoms with E-state index in [1.165, 1.54) is 6.07 Å². The molecule has 2 aromatic rings. The summed E-state index contributed by atoms with van der Waals surface area (Å²) in [5, 5.41) is 10.0. The molecule has 0 aliphatic carbocycles. The summed E-state index contributed by atoms with van der Waals surface area (Å²) in [6.45, 7) is 1.87. The summed E-state index contributed by atoms with van der Waals surface area (Å²) in [6.07, 6.45) is 0. The number of aromatic nitrogens is 1. The Balaban J connectivity index is 2.27. The lowest BCUT2D eigenvalue weighted by Gasteiger charge is -2.07. The van der Waals surface area contributed by atoms with Gasteiger partial charge in [0.1, 0.15) is 0 Å². The number of phenols is 1. The minimum absolute atomic E-state index is 0.00388. The van der Waals surface area contributed by atoms with Crippen LogP contribution in [0.4, 0.5) is 0 Å². The van der Waals surface area contributed by atoms with E-state index < -0.39 is 0 Å². The molecule has 2 rings (SSSR count). The lowest BCUT2D eigenvalue weighted by Crippen LogP contribution is -1.89. The predicted octanol–water partition coefficient (Wildman–Crippen LogP) is 3.54. The monoisotopic (exact) mass is 235 g/mol. The Labute approximate surface area is 98.3 Å². The highest BCUT2D eigenvalue weighted by Gasteiger charge is 2.05. The Kier molecular flexibility index (Phi) is 2.97. The highest BCUT2D eigenvalue weighted by Crippen LogP contribution is 2.31. The third-order valence-electron chi connectivity index (χ3n) is 2.00. The minimum atomic E-state index is -0.00388. The van der Waals surface area contributed by atoms with Crippen LogP contribution in [-0.4, -0.2) is 10.1 Å². The van der Waals surface area contributed by atoms with Crippen molar-refractivity contribution < 1.29 is 9.84 Å². The average Bonchev–Trinajstić information content (AvgIpc) is 2.22. The van der Waals surface area contributed by atoms with Crippen LogP contribution < -0.4 is 4.74 Å². The molecule has 0 saturated carbocycles. The highest BCUT2D eigenvalue weighted by molar-refractivity contribution is 6.30. The van der Waals surface area contributed by atoms with Gasteiger partial charge in [-0.15, -0.1) is 0 Å². The smallest absolute Gasteiger partial charge is 0.219 e. The van der Waals surface area contributed by atoms with Crippen molar-refractivity contribution in [3.05, 3.63) is 47.1 Å². The second-order valence-corrected chi connectivity index (χ2v) is 3.77. The summed E-state index contributed by atoms with van der Waals surface area (Å²) < 4.78 is 5.43. The predicted molar refractivity (Wildman–Crippen MR) is 62.2 cm³/mol. The number of ether oxygens (including phenoxy) is 1. The number of halogens is 1. The lowest BCUT2D eigenvalue weighted by molar-refractivity contribution is 0.402. The number of rotatable bonds is 2. The molecule has 0 amide bonds. The molecule has 1 aromatic carbocycles. The van der Waals surface area contributed by atoms with Gasteiger partial charge in [0.25, 0.3) is 0 Å². The van der Waals surface area contributed by atoms with Gasteiger partial charge in [0, 0.05) is 22.8 Å². The van der Waals surface area contributed by atoms with E-state index in [-0.39, 0.29) is 5.75 Å². The average molecular weight is 236 g/mol. The zero-order chi connectivity index (χ0) is 11.5. The van der Waals surface area contributed by atoms with Gasteiger partial charge in [-0.05, 0) is 25.1 Å². The van der Waals surface area contributed by atoms with Crippen molar-refractivity contribution in [2.45, 2.75) is 6.92 Å². The Morgan fingerprint density at radius 1 is 1.25 bits per heavy atom. The molecule has 0 atom stereocenters. The molecule has 0 fully saturated rings. The quantitative estimate of drug-likeness (QED) is 0.866. The van der Waals surface area contributed by atoms with Gasteiger partial charge in [0.2, 0.25) is 5.88 Å². The Bertz CT molecular complexity index is 514. The van der Waals surface area contributed by atoms with Crippen molar-refractivity contribution in [3.63, 3.8) is 0 Å². The fourth-order valence-corrected chi connectivity index (χ4v) is 1.43. The van der Waals surface area contributed by atoms with Gasteiger partial charge < -0.3 is 9.84 Å². The van der Waals surface area contributed by atoms with Crippen molar-refractivity contribution in [3.8, 4) is 17.4 Å². The van der Waals surface area contributed by atoms with Gasteiger partial charge in [0.05, 0.1) is 0 Å². The maximum absolute atomic E-state index is 9.58. The number of benzene rings is 1. The van der Waals surface area contributed by atoms with Gasteiger partial charge in [-0.1, -0.05) is 17.7 Å². The van der Waals surface area contributed by atoms with Gasteiger partial charge in [0.15, 0.2) is 11.5 Å². The van der Waals surface area contributed by atoms with Gasteiger partial charge in [-0.25, -0.2) is 4.98 Å². The van der Waals surface area contributed by atoms with Crippen LogP contribution in [-0.2, 0) is 0 Å². The van der Waals surface area contributed by atoms with E-state index in [9.17, 15) is 5.11 Å². The van der Waals surface area contributed by atoms with E-state index in [1.807, 2.05) is 19.1 Å². The van der Waals surface area contributed by atoms with Crippen LogP contribution in [0, 0.1) is 6.92 Å². The van der Waals surface area contributed by atoms with Crippen molar-refractivity contribution in [2.24, 2.45) is 0 Å². The number of phenolic OH excluding ortho intramolecular Hbond substituents is 1. The first-order chi connectivity index (χ1) is 7.65. The molecule has 1 heterocycles. The van der Waals surface area contributed by atoms with Crippen molar-refractivity contribution in [2.75, 3.05) is 0 Å². The Morgan fingerprint density at radius 2 is 2.06 bits per heavy atom. The van der Waals surface area contributed by atoms with Crippen molar-refractivity contribution in [1.82, 2.24) is 4.98 Å². The topological polar surface area (TPSA) is 42.4 Å². The zero-order valence-electron chi connectivity index (χ0n) is 8.64. The molecule has 16 heavy (non-hydrogen) atoms.